The molecule has 1 fully saturated rings. The Balaban J connectivity index is 2.00. The SMILES string of the molecule is CCNC(Cc1cncs1)C1CCOC1CC. The molecule has 4 heteroatoms. The molecule has 1 aromatic heterocycles. The second-order valence-electron chi connectivity index (χ2n) is 4.61. The van der Waals surface area contributed by atoms with Crippen LogP contribution in [0.15, 0.2) is 11.7 Å². The minimum Gasteiger partial charge on any atom is -0.378 e. The quantitative estimate of drug-likeness (QED) is 0.847. The second-order valence-corrected chi connectivity index (χ2v) is 5.58. The highest BCUT2D eigenvalue weighted by molar-refractivity contribution is 7.09. The van der Waals surface area contributed by atoms with Crippen LogP contribution in [0.5, 0.6) is 0 Å². The zero-order valence-corrected chi connectivity index (χ0v) is 11.5. The summed E-state index contributed by atoms with van der Waals surface area (Å²) < 4.78 is 5.81. The van der Waals surface area contributed by atoms with Gasteiger partial charge < -0.3 is 10.1 Å². The number of nitrogens with zero attached hydrogens (tertiary/aromatic N) is 1. The van der Waals surface area contributed by atoms with Gasteiger partial charge in [0.25, 0.3) is 0 Å². The van der Waals surface area contributed by atoms with Crippen LogP contribution in [0, 0.1) is 5.92 Å². The third-order valence-corrected chi connectivity index (χ3v) is 4.35. The lowest BCUT2D eigenvalue weighted by Gasteiger charge is -2.27. The molecular weight excluding hydrogens is 232 g/mol. The summed E-state index contributed by atoms with van der Waals surface area (Å²) in [5, 5.41) is 3.63. The Morgan fingerprint density at radius 2 is 2.47 bits per heavy atom. The van der Waals surface area contributed by atoms with Crippen LogP contribution >= 0.6 is 11.3 Å². The van der Waals surface area contributed by atoms with Gasteiger partial charge in [0.2, 0.25) is 0 Å². The number of hydrogen-bond acceptors (Lipinski definition) is 4. The fourth-order valence-corrected chi connectivity index (χ4v) is 3.40. The summed E-state index contributed by atoms with van der Waals surface area (Å²) in [6.45, 7) is 6.35. The third-order valence-electron chi connectivity index (χ3n) is 3.55. The van der Waals surface area contributed by atoms with Crippen molar-refractivity contribution < 1.29 is 4.74 Å². The molecule has 0 aliphatic carbocycles. The molecule has 2 rings (SSSR count). The van der Waals surface area contributed by atoms with Gasteiger partial charge in [-0.15, -0.1) is 11.3 Å². The number of ether oxygens (including phenoxy) is 1. The second kappa shape index (κ2) is 6.47. The first-order chi connectivity index (χ1) is 8.35. The predicted octanol–water partition coefficient (Wildman–Crippen LogP) is 2.48. The standard InChI is InChI=1S/C13H22N2OS/c1-3-13-11(5-6-16-13)12(15-4-2)7-10-8-14-9-17-10/h8-9,11-13,15H,3-7H2,1-2H3. The topological polar surface area (TPSA) is 34.2 Å². The van der Waals surface area contributed by atoms with Crippen molar-refractivity contribution in [3.05, 3.63) is 16.6 Å². The lowest BCUT2D eigenvalue weighted by atomic mass is 9.89. The molecule has 3 atom stereocenters. The van der Waals surface area contributed by atoms with Crippen LogP contribution < -0.4 is 5.32 Å². The predicted molar refractivity (Wildman–Crippen MR) is 71.4 cm³/mol. The normalized spacial score (nSPS) is 26.2. The first-order valence-electron chi connectivity index (χ1n) is 6.57. The average Bonchev–Trinajstić information content (AvgIpc) is 2.98. The van der Waals surface area contributed by atoms with Gasteiger partial charge in [0.05, 0.1) is 11.6 Å². The van der Waals surface area contributed by atoms with Crippen LogP contribution in [0.4, 0.5) is 0 Å². The summed E-state index contributed by atoms with van der Waals surface area (Å²) in [4.78, 5) is 5.53. The number of hydrogen-bond donors (Lipinski definition) is 1. The van der Waals surface area contributed by atoms with Gasteiger partial charge in [0.1, 0.15) is 0 Å². The highest BCUT2D eigenvalue weighted by Gasteiger charge is 2.33. The molecule has 1 N–H and O–H groups in total. The highest BCUT2D eigenvalue weighted by Crippen LogP contribution is 2.28. The van der Waals surface area contributed by atoms with E-state index in [9.17, 15) is 0 Å². The van der Waals surface area contributed by atoms with Crippen molar-refractivity contribution in [3.8, 4) is 0 Å². The van der Waals surface area contributed by atoms with E-state index in [0.29, 0.717) is 18.1 Å². The van der Waals surface area contributed by atoms with Gasteiger partial charge in [-0.3, -0.25) is 4.98 Å². The first kappa shape index (κ1) is 13.0. The summed E-state index contributed by atoms with van der Waals surface area (Å²) >= 11 is 1.75. The van der Waals surface area contributed by atoms with E-state index in [1.807, 2.05) is 11.7 Å². The van der Waals surface area contributed by atoms with E-state index in [4.69, 9.17) is 4.74 Å². The molecule has 0 amide bonds. The van der Waals surface area contributed by atoms with Crippen LogP contribution in [0.2, 0.25) is 0 Å². The lowest BCUT2D eigenvalue weighted by molar-refractivity contribution is 0.0777. The molecule has 3 unspecified atom stereocenters. The zero-order chi connectivity index (χ0) is 12.1. The van der Waals surface area contributed by atoms with Crippen molar-refractivity contribution in [1.82, 2.24) is 10.3 Å². The maximum atomic E-state index is 5.81. The van der Waals surface area contributed by atoms with E-state index in [1.165, 1.54) is 11.3 Å². The molecule has 0 spiro atoms. The number of rotatable bonds is 6. The summed E-state index contributed by atoms with van der Waals surface area (Å²) in [6.07, 6.45) is 5.82. The van der Waals surface area contributed by atoms with Gasteiger partial charge in [0.15, 0.2) is 0 Å². The smallest absolute Gasteiger partial charge is 0.0794 e. The van der Waals surface area contributed by atoms with Crippen LogP contribution in [-0.2, 0) is 11.2 Å². The molecule has 1 aromatic rings. The molecule has 1 aliphatic heterocycles. The Bertz CT molecular complexity index is 315. The van der Waals surface area contributed by atoms with Crippen molar-refractivity contribution in [2.45, 2.75) is 45.3 Å². The minimum atomic E-state index is 0.437. The van der Waals surface area contributed by atoms with Crippen LogP contribution in [0.1, 0.15) is 31.6 Å². The minimum absolute atomic E-state index is 0.437. The van der Waals surface area contributed by atoms with Gasteiger partial charge in [0, 0.05) is 29.6 Å². The monoisotopic (exact) mass is 254 g/mol. The van der Waals surface area contributed by atoms with Crippen molar-refractivity contribution in [2.75, 3.05) is 13.2 Å². The van der Waals surface area contributed by atoms with E-state index >= 15 is 0 Å². The van der Waals surface area contributed by atoms with E-state index in [1.54, 1.807) is 11.3 Å². The van der Waals surface area contributed by atoms with E-state index in [-0.39, 0.29) is 0 Å². The van der Waals surface area contributed by atoms with Gasteiger partial charge >= 0.3 is 0 Å². The number of likely N-dealkylation sites (N-methyl/N-ethyl adjacent to an activating group) is 1. The summed E-state index contributed by atoms with van der Waals surface area (Å²) in [6, 6.07) is 0.535. The molecule has 0 saturated carbocycles. The van der Waals surface area contributed by atoms with Gasteiger partial charge in [-0.25, -0.2) is 0 Å². The van der Waals surface area contributed by atoms with Crippen LogP contribution in [0.3, 0.4) is 0 Å². The Morgan fingerprint density at radius 1 is 1.59 bits per heavy atom. The van der Waals surface area contributed by atoms with E-state index in [0.717, 1.165) is 26.0 Å². The molecule has 0 aromatic carbocycles. The molecule has 2 heterocycles. The molecular formula is C13H22N2OS. The first-order valence-corrected chi connectivity index (χ1v) is 7.45. The molecule has 96 valence electrons. The fraction of sp³-hybridized carbons (Fsp3) is 0.769. The average molecular weight is 254 g/mol. The number of aromatic nitrogens is 1. The Hall–Kier alpha value is -0.450. The number of thiazole rings is 1. The van der Waals surface area contributed by atoms with Crippen molar-refractivity contribution in [1.29, 1.82) is 0 Å². The highest BCUT2D eigenvalue weighted by atomic mass is 32.1. The summed E-state index contributed by atoms with van der Waals surface area (Å²) in [5.41, 5.74) is 1.92. The Morgan fingerprint density at radius 3 is 3.12 bits per heavy atom. The van der Waals surface area contributed by atoms with E-state index < -0.39 is 0 Å². The van der Waals surface area contributed by atoms with Gasteiger partial charge in [-0.05, 0) is 25.8 Å². The Kier molecular flexibility index (Phi) is 4.95. The van der Waals surface area contributed by atoms with Crippen molar-refractivity contribution in [3.63, 3.8) is 0 Å². The maximum Gasteiger partial charge on any atom is 0.0794 e. The molecule has 3 nitrogen and oxygen atoms in total. The molecule has 0 radical (unpaired) electrons. The largest absolute Gasteiger partial charge is 0.378 e. The van der Waals surface area contributed by atoms with Gasteiger partial charge in [-0.1, -0.05) is 13.8 Å². The fourth-order valence-electron chi connectivity index (χ4n) is 2.74. The summed E-state index contributed by atoms with van der Waals surface area (Å²) in [5.74, 6) is 0.655. The molecule has 1 aliphatic rings. The van der Waals surface area contributed by atoms with E-state index in [2.05, 4.69) is 24.1 Å². The molecule has 1 saturated heterocycles. The molecule has 0 bridgehead atoms. The number of nitrogens with one attached hydrogen (secondary N) is 1. The third kappa shape index (κ3) is 3.27. The van der Waals surface area contributed by atoms with Crippen molar-refractivity contribution in [2.24, 2.45) is 5.92 Å². The zero-order valence-electron chi connectivity index (χ0n) is 10.7. The Labute approximate surface area is 108 Å². The lowest BCUT2D eigenvalue weighted by Crippen LogP contribution is -2.41. The summed E-state index contributed by atoms with van der Waals surface area (Å²) in [7, 11) is 0. The molecule has 17 heavy (non-hydrogen) atoms. The maximum absolute atomic E-state index is 5.81. The van der Waals surface area contributed by atoms with Crippen LogP contribution in [-0.4, -0.2) is 30.3 Å². The van der Waals surface area contributed by atoms with Crippen molar-refractivity contribution >= 4 is 11.3 Å². The van der Waals surface area contributed by atoms with Crippen LogP contribution in [0.25, 0.3) is 0 Å². The van der Waals surface area contributed by atoms with Gasteiger partial charge in [-0.2, -0.15) is 0 Å².